The van der Waals surface area contributed by atoms with Gasteiger partial charge in [-0.1, -0.05) is 32.1 Å². The van der Waals surface area contributed by atoms with Gasteiger partial charge in [-0.05, 0) is 31.6 Å². The fourth-order valence-corrected chi connectivity index (χ4v) is 3.31. The van der Waals surface area contributed by atoms with Crippen LogP contribution in [0.25, 0.3) is 0 Å². The van der Waals surface area contributed by atoms with E-state index in [4.69, 9.17) is 4.74 Å². The van der Waals surface area contributed by atoms with Gasteiger partial charge in [-0.2, -0.15) is 0 Å². The Hall–Kier alpha value is -0.0400. The third-order valence-electron chi connectivity index (χ3n) is 4.55. The molecule has 124 valence electrons. The molecule has 2 N–H and O–H groups in total. The number of nitrogens with zero attached hydrogens (tertiary/aromatic N) is 1. The summed E-state index contributed by atoms with van der Waals surface area (Å²) < 4.78 is 5.61. The molecule has 1 unspecified atom stereocenters. The van der Waals surface area contributed by atoms with Gasteiger partial charge in [0.15, 0.2) is 5.96 Å². The Morgan fingerprint density at radius 3 is 2.57 bits per heavy atom. The van der Waals surface area contributed by atoms with Crippen LogP contribution in [0, 0.1) is 5.92 Å². The van der Waals surface area contributed by atoms with Crippen LogP contribution in [-0.4, -0.2) is 38.8 Å². The van der Waals surface area contributed by atoms with E-state index in [9.17, 15) is 0 Å². The molecule has 2 rings (SSSR count). The van der Waals surface area contributed by atoms with Crippen LogP contribution in [0.15, 0.2) is 4.99 Å². The van der Waals surface area contributed by atoms with Gasteiger partial charge in [0.2, 0.25) is 0 Å². The molecule has 21 heavy (non-hydrogen) atoms. The molecule has 2 aliphatic rings. The summed E-state index contributed by atoms with van der Waals surface area (Å²) in [5.74, 6) is 1.90. The number of nitrogens with one attached hydrogen (secondary N) is 2. The second-order valence-corrected chi connectivity index (χ2v) is 6.16. The maximum Gasteiger partial charge on any atom is 0.191 e. The van der Waals surface area contributed by atoms with Crippen molar-refractivity contribution in [2.45, 2.75) is 63.9 Å². The minimum absolute atomic E-state index is 0. The summed E-state index contributed by atoms with van der Waals surface area (Å²) in [5, 5.41) is 6.78. The zero-order valence-corrected chi connectivity index (χ0v) is 15.7. The van der Waals surface area contributed by atoms with Crippen LogP contribution in [0.3, 0.4) is 0 Å². The predicted molar refractivity (Wildman–Crippen MR) is 99.6 cm³/mol. The average molecular weight is 409 g/mol. The Labute approximate surface area is 146 Å². The monoisotopic (exact) mass is 409 g/mol. The van der Waals surface area contributed by atoms with E-state index in [1.165, 1.54) is 57.8 Å². The largest absolute Gasteiger partial charge is 0.376 e. The molecular weight excluding hydrogens is 377 g/mol. The van der Waals surface area contributed by atoms with E-state index in [1.807, 2.05) is 7.05 Å². The summed E-state index contributed by atoms with van der Waals surface area (Å²) in [5.41, 5.74) is 0. The van der Waals surface area contributed by atoms with E-state index in [0.717, 1.165) is 31.6 Å². The van der Waals surface area contributed by atoms with E-state index >= 15 is 0 Å². The molecule has 0 aromatic carbocycles. The highest BCUT2D eigenvalue weighted by atomic mass is 127. The minimum atomic E-state index is 0. The molecular formula is C16H32IN3O. The minimum Gasteiger partial charge on any atom is -0.376 e. The van der Waals surface area contributed by atoms with Gasteiger partial charge < -0.3 is 15.4 Å². The van der Waals surface area contributed by atoms with Crippen LogP contribution in [0.2, 0.25) is 0 Å². The van der Waals surface area contributed by atoms with Crippen molar-refractivity contribution in [2.75, 3.05) is 26.7 Å². The standard InChI is InChI=1S/C16H31N3O.HI/c1-17-16(19-13-15-10-6-12-20-15)18-11-5-9-14-7-3-2-4-8-14;/h14-15H,2-13H2,1H3,(H2,17,18,19);1H. The van der Waals surface area contributed by atoms with E-state index in [1.54, 1.807) is 0 Å². The molecule has 0 aromatic heterocycles. The number of guanidine groups is 1. The van der Waals surface area contributed by atoms with Crippen molar-refractivity contribution in [3.05, 3.63) is 0 Å². The summed E-state index contributed by atoms with van der Waals surface area (Å²) in [4.78, 5) is 4.27. The molecule has 1 saturated heterocycles. The molecule has 5 heteroatoms. The summed E-state index contributed by atoms with van der Waals surface area (Å²) in [6.45, 7) is 2.82. The highest BCUT2D eigenvalue weighted by Gasteiger charge is 2.15. The van der Waals surface area contributed by atoms with Crippen LogP contribution in [0.4, 0.5) is 0 Å². The first-order valence-electron chi connectivity index (χ1n) is 8.44. The summed E-state index contributed by atoms with van der Waals surface area (Å²) in [6, 6.07) is 0. The van der Waals surface area contributed by atoms with Crippen LogP contribution >= 0.6 is 24.0 Å². The predicted octanol–water partition coefficient (Wildman–Crippen LogP) is 3.31. The van der Waals surface area contributed by atoms with Gasteiger partial charge in [0.1, 0.15) is 0 Å². The lowest BCUT2D eigenvalue weighted by Crippen LogP contribution is -2.41. The Kier molecular flexibility index (Phi) is 10.4. The Morgan fingerprint density at radius 1 is 1.10 bits per heavy atom. The molecule has 0 aromatic rings. The molecule has 1 heterocycles. The van der Waals surface area contributed by atoms with E-state index in [-0.39, 0.29) is 24.0 Å². The number of halogens is 1. The normalized spacial score (nSPS) is 23.7. The van der Waals surface area contributed by atoms with Crippen LogP contribution in [0.5, 0.6) is 0 Å². The highest BCUT2D eigenvalue weighted by molar-refractivity contribution is 14.0. The van der Waals surface area contributed by atoms with Crippen molar-refractivity contribution in [1.82, 2.24) is 10.6 Å². The lowest BCUT2D eigenvalue weighted by atomic mass is 9.86. The number of hydrogen-bond acceptors (Lipinski definition) is 2. The molecule has 2 fully saturated rings. The molecule has 1 saturated carbocycles. The molecule has 1 aliphatic heterocycles. The second kappa shape index (κ2) is 11.5. The van der Waals surface area contributed by atoms with Crippen LogP contribution < -0.4 is 10.6 Å². The molecule has 0 spiro atoms. The van der Waals surface area contributed by atoms with E-state index in [0.29, 0.717) is 6.10 Å². The molecule has 4 nitrogen and oxygen atoms in total. The molecule has 0 radical (unpaired) electrons. The van der Waals surface area contributed by atoms with Gasteiger partial charge in [-0.15, -0.1) is 24.0 Å². The molecule has 0 bridgehead atoms. The number of aliphatic imine (C=N–C) groups is 1. The first-order valence-corrected chi connectivity index (χ1v) is 8.44. The van der Waals surface area contributed by atoms with Crippen molar-refractivity contribution >= 4 is 29.9 Å². The maximum absolute atomic E-state index is 5.61. The van der Waals surface area contributed by atoms with Gasteiger partial charge >= 0.3 is 0 Å². The van der Waals surface area contributed by atoms with Crippen molar-refractivity contribution in [3.63, 3.8) is 0 Å². The Balaban J connectivity index is 0.00000220. The number of ether oxygens (including phenoxy) is 1. The number of rotatable bonds is 6. The molecule has 0 amide bonds. The van der Waals surface area contributed by atoms with Crippen LogP contribution in [-0.2, 0) is 4.74 Å². The summed E-state index contributed by atoms with van der Waals surface area (Å²) >= 11 is 0. The maximum atomic E-state index is 5.61. The van der Waals surface area contributed by atoms with E-state index in [2.05, 4.69) is 15.6 Å². The zero-order chi connectivity index (χ0) is 14.0. The molecule has 1 aliphatic carbocycles. The van der Waals surface area contributed by atoms with E-state index < -0.39 is 0 Å². The topological polar surface area (TPSA) is 45.7 Å². The third kappa shape index (κ3) is 7.68. The Morgan fingerprint density at radius 2 is 1.90 bits per heavy atom. The Bertz CT molecular complexity index is 287. The lowest BCUT2D eigenvalue weighted by Gasteiger charge is -2.21. The SMILES string of the molecule is CN=C(NCCCC1CCCCC1)NCC1CCCO1.I. The zero-order valence-electron chi connectivity index (χ0n) is 13.4. The molecule has 1 atom stereocenters. The van der Waals surface area contributed by atoms with Crippen molar-refractivity contribution in [3.8, 4) is 0 Å². The number of hydrogen-bond donors (Lipinski definition) is 2. The van der Waals surface area contributed by atoms with Gasteiger partial charge in [-0.25, -0.2) is 0 Å². The van der Waals surface area contributed by atoms with Crippen molar-refractivity contribution in [2.24, 2.45) is 10.9 Å². The highest BCUT2D eigenvalue weighted by Crippen LogP contribution is 2.26. The smallest absolute Gasteiger partial charge is 0.191 e. The first-order chi connectivity index (χ1) is 9.88. The summed E-state index contributed by atoms with van der Waals surface area (Å²) in [7, 11) is 1.84. The van der Waals surface area contributed by atoms with Gasteiger partial charge in [0.05, 0.1) is 6.10 Å². The second-order valence-electron chi connectivity index (χ2n) is 6.16. The van der Waals surface area contributed by atoms with Gasteiger partial charge in [-0.3, -0.25) is 4.99 Å². The summed E-state index contributed by atoms with van der Waals surface area (Å²) in [6.07, 6.45) is 12.6. The van der Waals surface area contributed by atoms with Crippen molar-refractivity contribution < 1.29 is 4.74 Å². The van der Waals surface area contributed by atoms with Crippen molar-refractivity contribution in [1.29, 1.82) is 0 Å². The van der Waals surface area contributed by atoms with Crippen LogP contribution in [0.1, 0.15) is 57.8 Å². The van der Waals surface area contributed by atoms with Gasteiger partial charge in [0.25, 0.3) is 0 Å². The lowest BCUT2D eigenvalue weighted by molar-refractivity contribution is 0.114. The van der Waals surface area contributed by atoms with Gasteiger partial charge in [0, 0.05) is 26.7 Å². The quantitative estimate of drug-likeness (QED) is 0.306. The fraction of sp³-hybridized carbons (Fsp3) is 0.938. The third-order valence-corrected chi connectivity index (χ3v) is 4.55. The first kappa shape index (κ1) is 19.0. The fourth-order valence-electron chi connectivity index (χ4n) is 3.31. The average Bonchev–Trinajstić information content (AvgIpc) is 3.01.